The van der Waals surface area contributed by atoms with Crippen LogP contribution >= 0.6 is 0 Å². The number of rotatable bonds is 5. The first-order valence-corrected chi connectivity index (χ1v) is 11.1. The van der Waals surface area contributed by atoms with E-state index in [9.17, 15) is 13.2 Å². The molecular weight excluding hydrogens is 382 g/mol. The predicted molar refractivity (Wildman–Crippen MR) is 113 cm³/mol. The molecule has 0 radical (unpaired) electrons. The van der Waals surface area contributed by atoms with Gasteiger partial charge in [0.15, 0.2) is 0 Å². The molecule has 1 aliphatic rings. The van der Waals surface area contributed by atoms with Gasteiger partial charge in [-0.05, 0) is 36.6 Å². The van der Waals surface area contributed by atoms with E-state index in [2.05, 4.69) is 0 Å². The van der Waals surface area contributed by atoms with Crippen LogP contribution in [-0.2, 0) is 20.2 Å². The Morgan fingerprint density at radius 3 is 1.97 bits per heavy atom. The minimum Gasteiger partial charge on any atom is -0.273 e. The molecule has 4 nitrogen and oxygen atoms in total. The molecular formula is C24H23NO3S. The van der Waals surface area contributed by atoms with Crippen LogP contribution in [0.15, 0.2) is 89.8 Å². The Bertz CT molecular complexity index is 1130. The Morgan fingerprint density at radius 1 is 0.862 bits per heavy atom. The van der Waals surface area contributed by atoms with Crippen LogP contribution in [0.5, 0.6) is 0 Å². The van der Waals surface area contributed by atoms with E-state index in [1.165, 1.54) is 0 Å². The predicted octanol–water partition coefficient (Wildman–Crippen LogP) is 4.62. The second kappa shape index (κ2) is 7.16. The number of benzene rings is 3. The van der Waals surface area contributed by atoms with E-state index >= 15 is 0 Å². The van der Waals surface area contributed by atoms with E-state index in [-0.39, 0.29) is 10.8 Å². The molecule has 5 heteroatoms. The maximum absolute atomic E-state index is 13.5. The monoisotopic (exact) mass is 405 g/mol. The lowest BCUT2D eigenvalue weighted by molar-refractivity contribution is -0.151. The van der Waals surface area contributed by atoms with Gasteiger partial charge >= 0.3 is 0 Å². The minimum atomic E-state index is -3.97. The average Bonchev–Trinajstić information content (AvgIpc) is 2.74. The molecule has 0 saturated carbocycles. The van der Waals surface area contributed by atoms with E-state index in [1.807, 2.05) is 74.5 Å². The summed E-state index contributed by atoms with van der Waals surface area (Å²) < 4.78 is 28.0. The number of amides is 1. The van der Waals surface area contributed by atoms with Gasteiger partial charge in [-0.1, -0.05) is 85.3 Å². The molecule has 4 rings (SSSR count). The molecule has 3 aromatic carbocycles. The highest BCUT2D eigenvalue weighted by Crippen LogP contribution is 2.55. The number of β-lactam (4-membered cyclic amide) rings is 1. The molecule has 29 heavy (non-hydrogen) atoms. The highest BCUT2D eigenvalue weighted by Gasteiger charge is 2.65. The van der Waals surface area contributed by atoms with Gasteiger partial charge in [0.25, 0.3) is 10.0 Å². The number of hydrogen-bond acceptors (Lipinski definition) is 3. The van der Waals surface area contributed by atoms with Crippen molar-refractivity contribution < 1.29 is 13.2 Å². The molecule has 1 fully saturated rings. The van der Waals surface area contributed by atoms with Crippen LogP contribution in [0.25, 0.3) is 0 Å². The molecule has 1 saturated heterocycles. The Labute approximate surface area is 171 Å². The second-order valence-corrected chi connectivity index (χ2v) is 9.24. The summed E-state index contributed by atoms with van der Waals surface area (Å²) in [5, 5.41) is 0. The first-order chi connectivity index (χ1) is 13.9. The van der Waals surface area contributed by atoms with E-state index in [0.29, 0.717) is 6.42 Å². The van der Waals surface area contributed by atoms with Crippen molar-refractivity contribution in [1.82, 2.24) is 4.31 Å². The van der Waals surface area contributed by atoms with Crippen molar-refractivity contribution in [3.05, 3.63) is 102 Å². The molecule has 0 N–H and O–H groups in total. The van der Waals surface area contributed by atoms with Crippen LogP contribution in [0.4, 0.5) is 0 Å². The van der Waals surface area contributed by atoms with Gasteiger partial charge in [-0.15, -0.1) is 0 Å². The van der Waals surface area contributed by atoms with Gasteiger partial charge in [-0.25, -0.2) is 12.7 Å². The van der Waals surface area contributed by atoms with Crippen molar-refractivity contribution in [3.63, 3.8) is 0 Å². The van der Waals surface area contributed by atoms with Gasteiger partial charge in [-0.3, -0.25) is 4.79 Å². The summed E-state index contributed by atoms with van der Waals surface area (Å²) in [7, 11) is -3.97. The van der Waals surface area contributed by atoms with Crippen molar-refractivity contribution >= 4 is 15.9 Å². The molecule has 0 bridgehead atoms. The van der Waals surface area contributed by atoms with Crippen LogP contribution in [0.1, 0.15) is 36.1 Å². The van der Waals surface area contributed by atoms with E-state index in [1.54, 1.807) is 24.3 Å². The average molecular weight is 406 g/mol. The molecule has 1 amide bonds. The van der Waals surface area contributed by atoms with Gasteiger partial charge in [0.05, 0.1) is 10.9 Å². The zero-order valence-electron chi connectivity index (χ0n) is 16.4. The summed E-state index contributed by atoms with van der Waals surface area (Å²) in [4.78, 5) is 13.7. The number of nitrogens with zero attached hydrogens (tertiary/aromatic N) is 1. The van der Waals surface area contributed by atoms with Gasteiger partial charge < -0.3 is 0 Å². The Hall–Kier alpha value is -2.92. The smallest absolute Gasteiger partial charge is 0.267 e. The van der Waals surface area contributed by atoms with Gasteiger partial charge in [-0.2, -0.15) is 0 Å². The first kappa shape index (κ1) is 19.4. The second-order valence-electron chi connectivity index (χ2n) is 7.42. The summed E-state index contributed by atoms with van der Waals surface area (Å²) >= 11 is 0. The van der Waals surface area contributed by atoms with Crippen LogP contribution in [0.3, 0.4) is 0 Å². The number of carbonyl (C=O) groups excluding carboxylic acids is 1. The number of hydrogen-bond donors (Lipinski definition) is 0. The van der Waals surface area contributed by atoms with E-state index in [0.717, 1.165) is 21.0 Å². The summed E-state index contributed by atoms with van der Waals surface area (Å²) in [5.41, 5.74) is 1.72. The third-order valence-electron chi connectivity index (χ3n) is 5.82. The normalized spacial score (nSPS) is 21.7. The number of sulfonamides is 1. The highest BCUT2D eigenvalue weighted by molar-refractivity contribution is 7.89. The van der Waals surface area contributed by atoms with Gasteiger partial charge in [0.1, 0.15) is 5.41 Å². The molecule has 0 aliphatic carbocycles. The Morgan fingerprint density at radius 2 is 1.41 bits per heavy atom. The number of carbonyl (C=O) groups is 1. The summed E-state index contributed by atoms with van der Waals surface area (Å²) in [6.45, 7) is 3.84. The maximum Gasteiger partial charge on any atom is 0.267 e. The lowest BCUT2D eigenvalue weighted by Gasteiger charge is -2.55. The fraction of sp³-hybridized carbons (Fsp3) is 0.208. The summed E-state index contributed by atoms with van der Waals surface area (Å²) in [6, 6.07) is 25.0. The summed E-state index contributed by atoms with van der Waals surface area (Å²) in [6.07, 6.45) is 0.509. The molecule has 2 unspecified atom stereocenters. The third kappa shape index (κ3) is 2.88. The molecule has 0 aromatic heterocycles. The van der Waals surface area contributed by atoms with Crippen molar-refractivity contribution in [2.45, 2.75) is 36.6 Å². The van der Waals surface area contributed by atoms with Gasteiger partial charge in [0, 0.05) is 0 Å². The quantitative estimate of drug-likeness (QED) is 0.582. The van der Waals surface area contributed by atoms with Crippen molar-refractivity contribution in [3.8, 4) is 0 Å². The largest absolute Gasteiger partial charge is 0.273 e. The zero-order chi connectivity index (χ0) is 20.6. The van der Waals surface area contributed by atoms with Crippen molar-refractivity contribution in [2.24, 2.45) is 0 Å². The Kier molecular flexibility index (Phi) is 4.79. The highest BCUT2D eigenvalue weighted by atomic mass is 32.2. The lowest BCUT2D eigenvalue weighted by atomic mass is 9.63. The van der Waals surface area contributed by atoms with Crippen molar-refractivity contribution in [2.75, 3.05) is 0 Å². The van der Waals surface area contributed by atoms with Crippen LogP contribution < -0.4 is 0 Å². The maximum atomic E-state index is 13.5. The van der Waals surface area contributed by atoms with Crippen LogP contribution in [0, 0.1) is 6.92 Å². The van der Waals surface area contributed by atoms with E-state index in [4.69, 9.17) is 0 Å². The van der Waals surface area contributed by atoms with Crippen molar-refractivity contribution in [1.29, 1.82) is 0 Å². The zero-order valence-corrected chi connectivity index (χ0v) is 17.3. The molecule has 1 heterocycles. The van der Waals surface area contributed by atoms with Crippen LogP contribution in [-0.4, -0.2) is 18.6 Å². The number of aryl methyl sites for hydroxylation is 1. The molecule has 3 aromatic rings. The lowest BCUT2D eigenvalue weighted by Crippen LogP contribution is -2.67. The fourth-order valence-corrected chi connectivity index (χ4v) is 5.93. The molecule has 0 spiro atoms. The van der Waals surface area contributed by atoms with Gasteiger partial charge in [0.2, 0.25) is 5.91 Å². The fourth-order valence-electron chi connectivity index (χ4n) is 4.26. The van der Waals surface area contributed by atoms with Crippen LogP contribution in [0.2, 0.25) is 0 Å². The molecule has 2 atom stereocenters. The first-order valence-electron chi connectivity index (χ1n) is 9.69. The Balaban J connectivity index is 1.89. The minimum absolute atomic E-state index is 0.134. The third-order valence-corrected chi connectivity index (χ3v) is 7.59. The summed E-state index contributed by atoms with van der Waals surface area (Å²) in [5.74, 6) is -0.374. The topological polar surface area (TPSA) is 54.5 Å². The molecule has 1 aliphatic heterocycles. The standard InChI is InChI=1S/C24H23NO3S/c1-3-24(20-12-8-5-9-13-20)22(19-10-6-4-7-11-19)25(23(24)26)29(27,28)21-16-14-18(2)15-17-21/h4-17,22H,3H2,1-2H3. The SMILES string of the molecule is CCC1(c2ccccc2)C(=O)N(S(=O)(=O)c2ccc(C)cc2)C1c1ccccc1. The van der Waals surface area contributed by atoms with E-state index < -0.39 is 21.5 Å². The molecule has 148 valence electrons.